The summed E-state index contributed by atoms with van der Waals surface area (Å²) in [6, 6.07) is 16.0. The van der Waals surface area contributed by atoms with Gasteiger partial charge in [-0.3, -0.25) is 19.2 Å². The molecule has 0 fully saturated rings. The van der Waals surface area contributed by atoms with Crippen molar-refractivity contribution in [1.29, 1.82) is 0 Å². The van der Waals surface area contributed by atoms with Gasteiger partial charge >= 0.3 is 0 Å². The second-order valence-electron chi connectivity index (χ2n) is 8.26. The van der Waals surface area contributed by atoms with E-state index in [2.05, 4.69) is 0 Å². The minimum atomic E-state index is -0.812. The average molecular weight is 460 g/mol. The van der Waals surface area contributed by atoms with Crippen LogP contribution in [0.4, 0.5) is 0 Å². The number of carbonyl (C=O) groups excluding carboxylic acids is 4. The van der Waals surface area contributed by atoms with E-state index in [1.165, 1.54) is 23.6 Å². The van der Waals surface area contributed by atoms with Gasteiger partial charge < -0.3 is 20.0 Å². The Labute approximate surface area is 196 Å². The first-order valence-corrected chi connectivity index (χ1v) is 10.8. The van der Waals surface area contributed by atoms with E-state index in [4.69, 9.17) is 0 Å². The van der Waals surface area contributed by atoms with Crippen LogP contribution in [-0.4, -0.2) is 56.5 Å². The number of hydrogen-bond acceptors (Lipinski definition) is 6. The standard InChI is InChI=1S/C26H24N2O6/c1-15(29)19-21(17-9-5-3-6-10-17)27(25(33)23(19)31)13-14-28-22(18-11-7-4-8-12-18)20(16(2)30)24(32)26(28)34/h3-12,21-22,31-32H,13-14H2,1-2H3/t21-,22-/m0/s1. The molecular weight excluding hydrogens is 436 g/mol. The molecule has 0 spiro atoms. The Balaban J connectivity index is 1.67. The molecule has 0 saturated heterocycles. The Kier molecular flexibility index (Phi) is 6.06. The summed E-state index contributed by atoms with van der Waals surface area (Å²) < 4.78 is 0. The summed E-state index contributed by atoms with van der Waals surface area (Å²) in [6.07, 6.45) is 0. The normalized spacial score (nSPS) is 20.5. The van der Waals surface area contributed by atoms with Gasteiger partial charge in [-0.15, -0.1) is 0 Å². The molecule has 0 radical (unpaired) electrons. The lowest BCUT2D eigenvalue weighted by Crippen LogP contribution is -2.41. The van der Waals surface area contributed by atoms with E-state index in [1.807, 2.05) is 0 Å². The Bertz CT molecular complexity index is 1130. The van der Waals surface area contributed by atoms with Crippen LogP contribution < -0.4 is 0 Å². The maximum Gasteiger partial charge on any atom is 0.290 e. The smallest absolute Gasteiger partial charge is 0.290 e. The Morgan fingerprint density at radius 2 is 1.00 bits per heavy atom. The largest absolute Gasteiger partial charge is 0.503 e. The SMILES string of the molecule is CC(=O)C1=C(O)C(=O)N(CCN2C(=O)C(O)=C(C(C)=O)[C@@H]2c2ccccc2)[C@H]1c1ccccc1. The molecule has 0 unspecified atom stereocenters. The molecule has 2 aromatic rings. The summed E-state index contributed by atoms with van der Waals surface area (Å²) in [6.45, 7) is 2.50. The molecule has 4 rings (SSSR count). The first-order chi connectivity index (χ1) is 16.2. The first kappa shape index (κ1) is 23.0. The van der Waals surface area contributed by atoms with Crippen molar-refractivity contribution in [3.8, 4) is 0 Å². The topological polar surface area (TPSA) is 115 Å². The van der Waals surface area contributed by atoms with Crippen molar-refractivity contribution in [2.45, 2.75) is 25.9 Å². The average Bonchev–Trinajstić information content (AvgIpc) is 3.23. The van der Waals surface area contributed by atoms with Crippen molar-refractivity contribution in [3.05, 3.63) is 94.5 Å². The maximum atomic E-state index is 12.9. The van der Waals surface area contributed by atoms with Crippen molar-refractivity contribution in [1.82, 2.24) is 9.80 Å². The van der Waals surface area contributed by atoms with Gasteiger partial charge in [0.25, 0.3) is 11.8 Å². The number of rotatable bonds is 7. The zero-order valence-corrected chi connectivity index (χ0v) is 18.8. The minimum absolute atomic E-state index is 0.00560. The van der Waals surface area contributed by atoms with Crippen LogP contribution in [0.2, 0.25) is 0 Å². The molecule has 2 heterocycles. The van der Waals surface area contributed by atoms with Crippen molar-refractivity contribution in [2.75, 3.05) is 13.1 Å². The Hall–Kier alpha value is -4.20. The van der Waals surface area contributed by atoms with Crippen LogP contribution in [0.15, 0.2) is 83.3 Å². The second kappa shape index (κ2) is 8.97. The molecule has 2 aliphatic heterocycles. The third-order valence-corrected chi connectivity index (χ3v) is 6.18. The molecule has 8 nitrogen and oxygen atoms in total. The van der Waals surface area contributed by atoms with Gasteiger partial charge in [-0.25, -0.2) is 0 Å². The molecule has 8 heteroatoms. The fourth-order valence-electron chi connectivity index (χ4n) is 4.67. The van der Waals surface area contributed by atoms with E-state index in [9.17, 15) is 29.4 Å². The van der Waals surface area contributed by atoms with Gasteiger partial charge in [-0.1, -0.05) is 60.7 Å². The summed E-state index contributed by atoms with van der Waals surface area (Å²) in [5.74, 6) is -3.52. The van der Waals surface area contributed by atoms with Crippen LogP contribution in [0, 0.1) is 0 Å². The lowest BCUT2D eigenvalue weighted by molar-refractivity contribution is -0.133. The summed E-state index contributed by atoms with van der Waals surface area (Å²) in [5, 5.41) is 20.9. The third-order valence-electron chi connectivity index (χ3n) is 6.18. The number of ketones is 2. The van der Waals surface area contributed by atoms with Crippen molar-refractivity contribution in [2.24, 2.45) is 0 Å². The molecule has 0 aromatic heterocycles. The number of Topliss-reactive ketones (excluding diaryl/α,β-unsaturated/α-hetero) is 2. The first-order valence-electron chi connectivity index (χ1n) is 10.8. The fraction of sp³-hybridized carbons (Fsp3) is 0.231. The zero-order valence-electron chi connectivity index (χ0n) is 18.8. The highest BCUT2D eigenvalue weighted by molar-refractivity contribution is 6.09. The lowest BCUT2D eigenvalue weighted by Gasteiger charge is -2.31. The predicted octanol–water partition coefficient (Wildman–Crippen LogP) is 2.96. The van der Waals surface area contributed by atoms with E-state index < -0.39 is 47.0 Å². The van der Waals surface area contributed by atoms with Gasteiger partial charge in [0.05, 0.1) is 23.2 Å². The van der Waals surface area contributed by atoms with Crippen LogP contribution in [0.1, 0.15) is 37.1 Å². The zero-order chi connectivity index (χ0) is 24.6. The quantitative estimate of drug-likeness (QED) is 0.657. The van der Waals surface area contributed by atoms with Crippen molar-refractivity contribution in [3.63, 3.8) is 0 Å². The van der Waals surface area contributed by atoms with E-state index >= 15 is 0 Å². The summed E-state index contributed by atoms with van der Waals surface area (Å²) >= 11 is 0. The van der Waals surface area contributed by atoms with Crippen molar-refractivity contribution < 1.29 is 29.4 Å². The van der Waals surface area contributed by atoms with E-state index in [0.29, 0.717) is 11.1 Å². The van der Waals surface area contributed by atoms with Crippen molar-refractivity contribution >= 4 is 23.4 Å². The van der Waals surface area contributed by atoms with Gasteiger partial charge in [0.1, 0.15) is 0 Å². The Morgan fingerprint density at radius 1 is 0.676 bits per heavy atom. The highest BCUT2D eigenvalue weighted by atomic mass is 16.3. The van der Waals surface area contributed by atoms with E-state index in [-0.39, 0.29) is 24.2 Å². The van der Waals surface area contributed by atoms with Crippen LogP contribution in [0.5, 0.6) is 0 Å². The predicted molar refractivity (Wildman–Crippen MR) is 122 cm³/mol. The lowest BCUT2D eigenvalue weighted by atomic mass is 9.96. The molecule has 2 amide bonds. The highest BCUT2D eigenvalue weighted by Crippen LogP contribution is 2.40. The minimum Gasteiger partial charge on any atom is -0.503 e. The maximum absolute atomic E-state index is 12.9. The summed E-state index contributed by atoms with van der Waals surface area (Å²) in [7, 11) is 0. The molecule has 174 valence electrons. The molecule has 2 aromatic carbocycles. The molecule has 2 atom stereocenters. The molecule has 2 aliphatic rings. The summed E-state index contributed by atoms with van der Waals surface area (Å²) in [4.78, 5) is 53.1. The van der Waals surface area contributed by atoms with Gasteiger partial charge in [-0.05, 0) is 25.0 Å². The van der Waals surface area contributed by atoms with Crippen LogP contribution in [-0.2, 0) is 19.2 Å². The number of nitrogens with zero attached hydrogens (tertiary/aromatic N) is 2. The molecule has 2 N–H and O–H groups in total. The fourth-order valence-corrected chi connectivity index (χ4v) is 4.67. The second-order valence-corrected chi connectivity index (χ2v) is 8.26. The molecule has 0 aliphatic carbocycles. The number of aliphatic hydroxyl groups excluding tert-OH is 2. The number of carbonyl (C=O) groups is 4. The van der Waals surface area contributed by atoms with E-state index in [0.717, 1.165) is 0 Å². The van der Waals surface area contributed by atoms with Gasteiger partial charge in [0, 0.05) is 13.1 Å². The summed E-state index contributed by atoms with van der Waals surface area (Å²) in [5.41, 5.74) is 1.27. The van der Waals surface area contributed by atoms with E-state index in [1.54, 1.807) is 60.7 Å². The number of aliphatic hydroxyl groups is 2. The van der Waals surface area contributed by atoms with Gasteiger partial charge in [0.15, 0.2) is 23.1 Å². The molecular formula is C26H24N2O6. The van der Waals surface area contributed by atoms with Crippen LogP contribution in [0.3, 0.4) is 0 Å². The molecule has 0 bridgehead atoms. The molecule has 0 saturated carbocycles. The highest BCUT2D eigenvalue weighted by Gasteiger charge is 2.45. The monoisotopic (exact) mass is 460 g/mol. The third kappa shape index (κ3) is 3.77. The van der Waals surface area contributed by atoms with Crippen LogP contribution in [0.25, 0.3) is 0 Å². The number of amides is 2. The Morgan fingerprint density at radius 3 is 1.29 bits per heavy atom. The number of benzene rings is 2. The van der Waals surface area contributed by atoms with Crippen LogP contribution >= 0.6 is 0 Å². The molecule has 34 heavy (non-hydrogen) atoms. The van der Waals surface area contributed by atoms with Gasteiger partial charge in [-0.2, -0.15) is 0 Å². The number of hydrogen-bond donors (Lipinski definition) is 2. The van der Waals surface area contributed by atoms with Gasteiger partial charge in [0.2, 0.25) is 0 Å².